The number of hydrogen-bond acceptors (Lipinski definition) is 4. The van der Waals surface area contributed by atoms with Gasteiger partial charge in [0.2, 0.25) is 0 Å². The lowest BCUT2D eigenvalue weighted by molar-refractivity contribution is -0.132. The van der Waals surface area contributed by atoms with Gasteiger partial charge in [-0.2, -0.15) is 0 Å². The van der Waals surface area contributed by atoms with Crippen molar-refractivity contribution in [2.75, 3.05) is 12.0 Å². The van der Waals surface area contributed by atoms with Crippen molar-refractivity contribution in [3.05, 3.63) is 101 Å². The van der Waals surface area contributed by atoms with Gasteiger partial charge in [0.25, 0.3) is 11.7 Å². The number of ketones is 1. The van der Waals surface area contributed by atoms with Crippen molar-refractivity contribution in [2.24, 2.45) is 0 Å². The van der Waals surface area contributed by atoms with Gasteiger partial charge in [0.1, 0.15) is 11.5 Å². The molecule has 1 fully saturated rings. The molecule has 1 aliphatic heterocycles. The molecule has 1 heterocycles. The number of methoxy groups -OCH3 is 1. The summed E-state index contributed by atoms with van der Waals surface area (Å²) in [6, 6.07) is 22.8. The number of ether oxygens (including phenoxy) is 1. The minimum atomic E-state index is -0.775. The Labute approximate surface area is 181 Å². The Morgan fingerprint density at radius 1 is 0.968 bits per heavy atom. The average molecular weight is 413 g/mol. The topological polar surface area (TPSA) is 66.8 Å². The van der Waals surface area contributed by atoms with Crippen LogP contribution in [-0.2, 0) is 16.0 Å². The minimum absolute atomic E-state index is 0.0593. The molecule has 0 spiro atoms. The quantitative estimate of drug-likeness (QED) is 0.368. The van der Waals surface area contributed by atoms with E-state index in [-0.39, 0.29) is 11.3 Å². The van der Waals surface area contributed by atoms with E-state index in [4.69, 9.17) is 4.74 Å². The van der Waals surface area contributed by atoms with E-state index in [0.717, 1.165) is 12.0 Å². The number of aliphatic hydroxyl groups is 1. The number of anilines is 1. The van der Waals surface area contributed by atoms with Gasteiger partial charge in [0, 0.05) is 11.3 Å². The highest BCUT2D eigenvalue weighted by Crippen LogP contribution is 2.42. The largest absolute Gasteiger partial charge is 0.507 e. The zero-order valence-electron chi connectivity index (χ0n) is 17.4. The molecule has 5 heteroatoms. The summed E-state index contributed by atoms with van der Waals surface area (Å²) in [5.74, 6) is -0.980. The van der Waals surface area contributed by atoms with Gasteiger partial charge < -0.3 is 9.84 Å². The maximum absolute atomic E-state index is 13.1. The summed E-state index contributed by atoms with van der Waals surface area (Å²) in [4.78, 5) is 27.7. The van der Waals surface area contributed by atoms with Gasteiger partial charge in [0.15, 0.2) is 0 Å². The Morgan fingerprint density at radius 2 is 1.68 bits per heavy atom. The lowest BCUT2D eigenvalue weighted by atomic mass is 9.95. The van der Waals surface area contributed by atoms with Crippen LogP contribution in [0.5, 0.6) is 5.75 Å². The van der Waals surface area contributed by atoms with E-state index in [0.29, 0.717) is 22.6 Å². The van der Waals surface area contributed by atoms with Crippen LogP contribution in [0.1, 0.15) is 29.7 Å². The van der Waals surface area contributed by atoms with Crippen molar-refractivity contribution in [1.82, 2.24) is 0 Å². The van der Waals surface area contributed by atoms with Crippen molar-refractivity contribution < 1.29 is 19.4 Å². The van der Waals surface area contributed by atoms with Gasteiger partial charge in [-0.05, 0) is 41.8 Å². The van der Waals surface area contributed by atoms with E-state index in [2.05, 4.69) is 6.92 Å². The van der Waals surface area contributed by atoms with Crippen LogP contribution in [0.25, 0.3) is 5.76 Å². The maximum atomic E-state index is 13.1. The summed E-state index contributed by atoms with van der Waals surface area (Å²) >= 11 is 0. The fourth-order valence-electron chi connectivity index (χ4n) is 3.87. The molecule has 156 valence electrons. The Morgan fingerprint density at radius 3 is 2.32 bits per heavy atom. The number of carbonyl (C=O) groups excluding carboxylic acids is 2. The van der Waals surface area contributed by atoms with Crippen molar-refractivity contribution >= 4 is 23.1 Å². The Kier molecular flexibility index (Phi) is 5.58. The highest BCUT2D eigenvalue weighted by atomic mass is 16.5. The SMILES string of the molecule is CCc1ccc(N2C(=O)C(=O)/C(=C(\O)c3ccccc3)C2c2cccc(OC)c2)cc1. The molecule has 0 aromatic heterocycles. The summed E-state index contributed by atoms with van der Waals surface area (Å²) in [5.41, 5.74) is 2.94. The summed E-state index contributed by atoms with van der Waals surface area (Å²) in [7, 11) is 1.56. The Hall–Kier alpha value is -3.86. The highest BCUT2D eigenvalue weighted by molar-refractivity contribution is 6.51. The number of amides is 1. The second-order valence-electron chi connectivity index (χ2n) is 7.33. The van der Waals surface area contributed by atoms with E-state index in [1.807, 2.05) is 36.4 Å². The molecule has 1 aliphatic rings. The lowest BCUT2D eigenvalue weighted by Gasteiger charge is -2.26. The van der Waals surface area contributed by atoms with Crippen LogP contribution < -0.4 is 9.64 Å². The molecule has 4 rings (SSSR count). The zero-order chi connectivity index (χ0) is 22.0. The van der Waals surface area contributed by atoms with E-state index < -0.39 is 17.7 Å². The third-order valence-corrected chi connectivity index (χ3v) is 5.52. The first-order valence-corrected chi connectivity index (χ1v) is 10.1. The molecule has 0 radical (unpaired) electrons. The summed E-state index contributed by atoms with van der Waals surface area (Å²) in [5, 5.41) is 11.1. The molecular weight excluding hydrogens is 390 g/mol. The van der Waals surface area contributed by atoms with Crippen LogP contribution in [0.15, 0.2) is 84.4 Å². The zero-order valence-corrected chi connectivity index (χ0v) is 17.4. The number of aliphatic hydroxyl groups excluding tert-OH is 1. The average Bonchev–Trinajstić information content (AvgIpc) is 3.09. The van der Waals surface area contributed by atoms with E-state index in [1.165, 1.54) is 4.90 Å². The van der Waals surface area contributed by atoms with Crippen LogP contribution in [-0.4, -0.2) is 23.9 Å². The van der Waals surface area contributed by atoms with Crippen molar-refractivity contribution in [1.29, 1.82) is 0 Å². The van der Waals surface area contributed by atoms with Gasteiger partial charge in [-0.3, -0.25) is 14.5 Å². The first-order chi connectivity index (χ1) is 15.0. The van der Waals surface area contributed by atoms with Gasteiger partial charge >= 0.3 is 0 Å². The summed E-state index contributed by atoms with van der Waals surface area (Å²) in [6.45, 7) is 2.05. The van der Waals surface area contributed by atoms with E-state index in [1.54, 1.807) is 49.6 Å². The smallest absolute Gasteiger partial charge is 0.300 e. The fourth-order valence-corrected chi connectivity index (χ4v) is 3.87. The fraction of sp³-hybridized carbons (Fsp3) is 0.154. The van der Waals surface area contributed by atoms with Gasteiger partial charge in [-0.15, -0.1) is 0 Å². The summed E-state index contributed by atoms with van der Waals surface area (Å²) in [6.07, 6.45) is 0.867. The number of carbonyl (C=O) groups is 2. The normalized spacial score (nSPS) is 17.7. The van der Waals surface area contributed by atoms with E-state index >= 15 is 0 Å². The van der Waals surface area contributed by atoms with Crippen LogP contribution in [0, 0.1) is 0 Å². The first kappa shape index (κ1) is 20.4. The Balaban J connectivity index is 1.93. The van der Waals surface area contributed by atoms with Gasteiger partial charge in [0.05, 0.1) is 18.7 Å². The molecule has 0 aliphatic carbocycles. The monoisotopic (exact) mass is 413 g/mol. The van der Waals surface area contributed by atoms with Gasteiger partial charge in [-0.25, -0.2) is 0 Å². The number of rotatable bonds is 5. The molecule has 0 bridgehead atoms. The number of nitrogens with zero attached hydrogens (tertiary/aromatic N) is 1. The summed E-state index contributed by atoms with van der Waals surface area (Å²) < 4.78 is 5.35. The first-order valence-electron chi connectivity index (χ1n) is 10.1. The molecule has 5 nitrogen and oxygen atoms in total. The molecule has 3 aromatic rings. The molecule has 0 saturated carbocycles. The highest BCUT2D eigenvalue weighted by Gasteiger charge is 2.47. The number of hydrogen-bond donors (Lipinski definition) is 1. The minimum Gasteiger partial charge on any atom is -0.507 e. The second kappa shape index (κ2) is 8.48. The molecule has 1 saturated heterocycles. The molecule has 3 aromatic carbocycles. The van der Waals surface area contributed by atoms with E-state index in [9.17, 15) is 14.7 Å². The standard InChI is InChI=1S/C26H23NO4/c1-3-17-12-14-20(15-13-17)27-23(19-10-7-11-21(16-19)31-2)22(25(29)26(27)30)24(28)18-8-5-4-6-9-18/h4-16,23,28H,3H2,1-2H3/b24-22-. The third-order valence-electron chi connectivity index (χ3n) is 5.52. The van der Waals surface area contributed by atoms with Crippen molar-refractivity contribution in [3.63, 3.8) is 0 Å². The molecule has 1 atom stereocenters. The number of benzene rings is 3. The van der Waals surface area contributed by atoms with Crippen LogP contribution in [0.3, 0.4) is 0 Å². The molecule has 1 amide bonds. The van der Waals surface area contributed by atoms with Crippen LogP contribution in [0.4, 0.5) is 5.69 Å². The third kappa shape index (κ3) is 3.70. The predicted octanol–water partition coefficient (Wildman–Crippen LogP) is 4.88. The number of aryl methyl sites for hydroxylation is 1. The molecule has 1 unspecified atom stereocenters. The van der Waals surface area contributed by atoms with Crippen LogP contribution in [0.2, 0.25) is 0 Å². The molecular formula is C26H23NO4. The number of Topliss-reactive ketones (excluding diaryl/α,β-unsaturated/α-hetero) is 1. The predicted molar refractivity (Wildman–Crippen MR) is 120 cm³/mol. The van der Waals surface area contributed by atoms with Crippen molar-refractivity contribution in [2.45, 2.75) is 19.4 Å². The Bertz CT molecular complexity index is 1150. The maximum Gasteiger partial charge on any atom is 0.300 e. The second-order valence-corrected chi connectivity index (χ2v) is 7.33. The molecule has 31 heavy (non-hydrogen) atoms. The molecule has 1 N–H and O–H groups in total. The van der Waals surface area contributed by atoms with Crippen molar-refractivity contribution in [3.8, 4) is 5.75 Å². The van der Waals surface area contributed by atoms with Gasteiger partial charge in [-0.1, -0.05) is 61.5 Å². The van der Waals surface area contributed by atoms with Crippen LogP contribution >= 0.6 is 0 Å². The lowest BCUT2D eigenvalue weighted by Crippen LogP contribution is -2.29.